The molecule has 1 aliphatic rings. The van der Waals surface area contributed by atoms with Gasteiger partial charge in [0.2, 0.25) is 5.91 Å². The van der Waals surface area contributed by atoms with Gasteiger partial charge >= 0.3 is 0 Å². The van der Waals surface area contributed by atoms with E-state index in [2.05, 4.69) is 29.1 Å². The fourth-order valence-electron chi connectivity index (χ4n) is 4.61. The van der Waals surface area contributed by atoms with Crippen LogP contribution in [-0.2, 0) is 24.1 Å². The van der Waals surface area contributed by atoms with Crippen LogP contribution >= 0.6 is 23.1 Å². The van der Waals surface area contributed by atoms with Crippen LogP contribution in [0.4, 0.5) is 5.69 Å². The lowest BCUT2D eigenvalue weighted by Gasteiger charge is -2.20. The summed E-state index contributed by atoms with van der Waals surface area (Å²) in [5.41, 5.74) is 5.82. The smallest absolute Gasteiger partial charge is 0.234 e. The SMILES string of the molecule is COc1cccc(NC(=O)CSc2ncnc3c2sc2nc(CC(C)C)c4c(c23)CCCC4)c1. The van der Waals surface area contributed by atoms with E-state index in [1.54, 1.807) is 30.8 Å². The summed E-state index contributed by atoms with van der Waals surface area (Å²) >= 11 is 3.10. The number of thiophene rings is 1. The summed E-state index contributed by atoms with van der Waals surface area (Å²) in [6.45, 7) is 4.51. The number of amides is 1. The number of hydrogen-bond acceptors (Lipinski definition) is 7. The molecule has 3 aromatic heterocycles. The Morgan fingerprint density at radius 1 is 1.21 bits per heavy atom. The van der Waals surface area contributed by atoms with E-state index in [0.29, 0.717) is 17.4 Å². The number of aromatic nitrogens is 3. The van der Waals surface area contributed by atoms with Crippen molar-refractivity contribution >= 4 is 55.1 Å². The maximum Gasteiger partial charge on any atom is 0.234 e. The first-order valence-electron chi connectivity index (χ1n) is 11.7. The van der Waals surface area contributed by atoms with E-state index >= 15 is 0 Å². The second-order valence-electron chi connectivity index (χ2n) is 9.03. The van der Waals surface area contributed by atoms with Crippen LogP contribution in [0.5, 0.6) is 5.75 Å². The highest BCUT2D eigenvalue weighted by molar-refractivity contribution is 8.00. The van der Waals surface area contributed by atoms with Gasteiger partial charge in [-0.2, -0.15) is 0 Å². The number of methoxy groups -OCH3 is 1. The first-order chi connectivity index (χ1) is 16.5. The fourth-order valence-corrected chi connectivity index (χ4v) is 6.66. The molecule has 6 nitrogen and oxygen atoms in total. The quantitative estimate of drug-likeness (QED) is 0.250. The number of aryl methyl sites for hydroxylation is 1. The lowest BCUT2D eigenvalue weighted by Crippen LogP contribution is -2.14. The Kier molecular flexibility index (Phi) is 6.70. The Labute approximate surface area is 207 Å². The average molecular weight is 493 g/mol. The molecule has 0 bridgehead atoms. The highest BCUT2D eigenvalue weighted by Gasteiger charge is 2.23. The minimum absolute atomic E-state index is 0.0825. The lowest BCUT2D eigenvalue weighted by molar-refractivity contribution is -0.113. The van der Waals surface area contributed by atoms with Crippen LogP contribution in [0, 0.1) is 5.92 Å². The molecule has 1 aromatic carbocycles. The van der Waals surface area contributed by atoms with Crippen molar-refractivity contribution in [2.24, 2.45) is 5.92 Å². The fraction of sp³-hybridized carbons (Fsp3) is 0.385. The molecule has 3 heterocycles. The molecule has 1 N–H and O–H groups in total. The number of nitrogens with one attached hydrogen (secondary N) is 1. The van der Waals surface area contributed by atoms with Crippen LogP contribution in [0.2, 0.25) is 0 Å². The van der Waals surface area contributed by atoms with E-state index in [1.165, 1.54) is 46.8 Å². The predicted molar refractivity (Wildman–Crippen MR) is 140 cm³/mol. The van der Waals surface area contributed by atoms with E-state index in [1.807, 2.05) is 18.2 Å². The molecule has 34 heavy (non-hydrogen) atoms. The van der Waals surface area contributed by atoms with Crippen molar-refractivity contribution < 1.29 is 9.53 Å². The van der Waals surface area contributed by atoms with Gasteiger partial charge in [0.05, 0.1) is 23.1 Å². The number of carbonyl (C=O) groups excluding carboxylic acids is 1. The minimum atomic E-state index is -0.0825. The molecule has 0 radical (unpaired) electrons. The van der Waals surface area contributed by atoms with Gasteiger partial charge in [-0.15, -0.1) is 11.3 Å². The van der Waals surface area contributed by atoms with E-state index in [-0.39, 0.29) is 11.7 Å². The maximum atomic E-state index is 12.6. The number of rotatable bonds is 7. The normalized spacial score (nSPS) is 13.4. The molecular formula is C26H28N4O2S2. The van der Waals surface area contributed by atoms with Gasteiger partial charge in [-0.25, -0.2) is 15.0 Å². The molecule has 5 rings (SSSR count). The van der Waals surface area contributed by atoms with E-state index in [4.69, 9.17) is 9.72 Å². The zero-order chi connectivity index (χ0) is 23.7. The second kappa shape index (κ2) is 9.88. The van der Waals surface area contributed by atoms with Crippen LogP contribution in [0.3, 0.4) is 0 Å². The molecule has 0 saturated carbocycles. The maximum absolute atomic E-state index is 12.6. The summed E-state index contributed by atoms with van der Waals surface area (Å²) < 4.78 is 6.26. The summed E-state index contributed by atoms with van der Waals surface area (Å²) in [5.74, 6) is 1.46. The van der Waals surface area contributed by atoms with Crippen molar-refractivity contribution in [2.75, 3.05) is 18.2 Å². The van der Waals surface area contributed by atoms with Gasteiger partial charge in [0.25, 0.3) is 0 Å². The number of nitrogens with zero attached hydrogens (tertiary/aromatic N) is 3. The molecule has 1 amide bonds. The third-order valence-electron chi connectivity index (χ3n) is 6.07. The summed E-state index contributed by atoms with van der Waals surface area (Å²) in [6, 6.07) is 7.36. The molecule has 8 heteroatoms. The zero-order valence-corrected chi connectivity index (χ0v) is 21.3. The molecule has 0 spiro atoms. The number of ether oxygens (including phenoxy) is 1. The van der Waals surface area contributed by atoms with Gasteiger partial charge in [-0.1, -0.05) is 31.7 Å². The molecule has 0 unspecified atom stereocenters. The van der Waals surface area contributed by atoms with Gasteiger partial charge in [0.15, 0.2) is 0 Å². The number of hydrogen-bond donors (Lipinski definition) is 1. The average Bonchev–Trinajstić information content (AvgIpc) is 3.21. The molecule has 176 valence electrons. The van der Waals surface area contributed by atoms with Crippen molar-refractivity contribution in [3.63, 3.8) is 0 Å². The summed E-state index contributed by atoms with van der Waals surface area (Å²) in [7, 11) is 1.61. The van der Waals surface area contributed by atoms with E-state index in [9.17, 15) is 4.79 Å². The van der Waals surface area contributed by atoms with Crippen LogP contribution in [0.25, 0.3) is 20.4 Å². The Balaban J connectivity index is 1.45. The minimum Gasteiger partial charge on any atom is -0.497 e. The van der Waals surface area contributed by atoms with E-state index < -0.39 is 0 Å². The monoisotopic (exact) mass is 492 g/mol. The first-order valence-corrected chi connectivity index (χ1v) is 13.5. The van der Waals surface area contributed by atoms with E-state index in [0.717, 1.165) is 39.3 Å². The number of fused-ring (bicyclic) bond motifs is 5. The molecule has 1 aliphatic carbocycles. The van der Waals surface area contributed by atoms with Gasteiger partial charge in [-0.05, 0) is 61.3 Å². The second-order valence-corrected chi connectivity index (χ2v) is 11.0. The molecule has 0 fully saturated rings. The number of carbonyl (C=O) groups is 1. The number of pyridine rings is 1. The first kappa shape index (κ1) is 23.1. The lowest BCUT2D eigenvalue weighted by atomic mass is 9.87. The number of benzene rings is 1. The number of anilines is 1. The van der Waals surface area contributed by atoms with Crippen molar-refractivity contribution in [1.29, 1.82) is 0 Å². The topological polar surface area (TPSA) is 77.0 Å². The van der Waals surface area contributed by atoms with Crippen LogP contribution in [-0.4, -0.2) is 33.7 Å². The van der Waals surface area contributed by atoms with Crippen LogP contribution in [0.15, 0.2) is 35.6 Å². The van der Waals surface area contributed by atoms with Gasteiger partial charge in [-0.3, -0.25) is 4.79 Å². The molecule has 0 saturated heterocycles. The Hall–Kier alpha value is -2.71. The van der Waals surface area contributed by atoms with Gasteiger partial charge < -0.3 is 10.1 Å². The molecule has 4 aromatic rings. The Morgan fingerprint density at radius 2 is 2.03 bits per heavy atom. The molecule has 0 atom stereocenters. The van der Waals surface area contributed by atoms with Crippen molar-refractivity contribution in [2.45, 2.75) is 51.0 Å². The Bertz CT molecular complexity index is 1370. The van der Waals surface area contributed by atoms with Crippen LogP contribution in [0.1, 0.15) is 43.5 Å². The van der Waals surface area contributed by atoms with Crippen LogP contribution < -0.4 is 10.1 Å². The van der Waals surface area contributed by atoms with Gasteiger partial charge in [0.1, 0.15) is 21.9 Å². The summed E-state index contributed by atoms with van der Waals surface area (Å²) in [5, 5.41) is 4.97. The molecular weight excluding hydrogens is 464 g/mol. The number of thioether (sulfide) groups is 1. The predicted octanol–water partition coefficient (Wildman–Crippen LogP) is 6.06. The largest absolute Gasteiger partial charge is 0.497 e. The summed E-state index contributed by atoms with van der Waals surface area (Å²) in [4.78, 5) is 28.0. The molecule has 0 aliphatic heterocycles. The highest BCUT2D eigenvalue weighted by atomic mass is 32.2. The Morgan fingerprint density at radius 3 is 2.82 bits per heavy atom. The third-order valence-corrected chi connectivity index (χ3v) is 8.27. The van der Waals surface area contributed by atoms with Crippen molar-refractivity contribution in [1.82, 2.24) is 15.0 Å². The van der Waals surface area contributed by atoms with Crippen molar-refractivity contribution in [3.8, 4) is 5.75 Å². The highest BCUT2D eigenvalue weighted by Crippen LogP contribution is 2.41. The third kappa shape index (κ3) is 4.61. The van der Waals surface area contributed by atoms with Gasteiger partial charge in [0, 0.05) is 22.8 Å². The standard InChI is InChI=1S/C26H28N4O2S2/c1-15(2)11-20-18-9-4-5-10-19(18)22-23-24(34-25(22)30-20)26(28-14-27-23)33-13-21(31)29-16-7-6-8-17(12-16)32-3/h6-8,12,14-15H,4-5,9-11,13H2,1-3H3,(H,29,31). The summed E-state index contributed by atoms with van der Waals surface area (Å²) in [6.07, 6.45) is 7.25. The van der Waals surface area contributed by atoms with Crippen molar-refractivity contribution in [3.05, 3.63) is 47.4 Å². The zero-order valence-electron chi connectivity index (χ0n) is 19.7.